The first kappa shape index (κ1) is 13.8. The monoisotopic (exact) mass is 278 g/mol. The van der Waals surface area contributed by atoms with E-state index in [9.17, 15) is 0 Å². The molecule has 0 atom stereocenters. The number of methoxy groups -OCH3 is 1. The third-order valence-corrected chi connectivity index (χ3v) is 3.50. The lowest BCUT2D eigenvalue weighted by Crippen LogP contribution is -2.08. The predicted octanol–water partition coefficient (Wildman–Crippen LogP) is 2.76. The molecule has 2 rings (SSSR count). The van der Waals surface area contributed by atoms with Crippen LogP contribution in [0.15, 0.2) is 23.6 Å². The first-order valence-corrected chi connectivity index (χ1v) is 6.97. The van der Waals surface area contributed by atoms with Gasteiger partial charge in [0.15, 0.2) is 11.5 Å². The summed E-state index contributed by atoms with van der Waals surface area (Å²) in [6.45, 7) is 3.19. The Morgan fingerprint density at radius 1 is 1.37 bits per heavy atom. The van der Waals surface area contributed by atoms with Crippen molar-refractivity contribution in [2.24, 2.45) is 0 Å². The Kier molecular flexibility index (Phi) is 4.76. The third-order valence-electron chi connectivity index (χ3n) is 2.68. The van der Waals surface area contributed by atoms with E-state index < -0.39 is 0 Å². The highest BCUT2D eigenvalue weighted by Gasteiger charge is 2.11. The quantitative estimate of drug-likeness (QED) is 0.882. The Hall–Kier alpha value is -1.59. The standard InChI is InChI=1S/C14H18N2O2S/c1-10-16-12(9-19-10)8-18-14-11(7-15-2)5-4-6-13(14)17-3/h4-6,9,15H,7-8H2,1-3H3. The van der Waals surface area contributed by atoms with Gasteiger partial charge < -0.3 is 14.8 Å². The van der Waals surface area contributed by atoms with Crippen LogP contribution in [0.5, 0.6) is 11.5 Å². The van der Waals surface area contributed by atoms with E-state index in [-0.39, 0.29) is 0 Å². The molecule has 1 aromatic heterocycles. The SMILES string of the molecule is CNCc1cccc(OC)c1OCc1csc(C)n1. The van der Waals surface area contributed by atoms with E-state index in [0.717, 1.165) is 34.3 Å². The number of aryl methyl sites for hydroxylation is 1. The maximum atomic E-state index is 5.89. The van der Waals surface area contributed by atoms with E-state index in [1.165, 1.54) is 0 Å². The highest BCUT2D eigenvalue weighted by molar-refractivity contribution is 7.09. The van der Waals surface area contributed by atoms with Crippen molar-refractivity contribution in [2.75, 3.05) is 14.2 Å². The van der Waals surface area contributed by atoms with Gasteiger partial charge in [0, 0.05) is 17.5 Å². The van der Waals surface area contributed by atoms with E-state index >= 15 is 0 Å². The molecule has 1 aromatic carbocycles. The zero-order chi connectivity index (χ0) is 13.7. The maximum absolute atomic E-state index is 5.89. The van der Waals surface area contributed by atoms with Gasteiger partial charge in [-0.25, -0.2) is 4.98 Å². The lowest BCUT2D eigenvalue weighted by Gasteiger charge is -2.14. The average molecular weight is 278 g/mol. The van der Waals surface area contributed by atoms with E-state index in [4.69, 9.17) is 9.47 Å². The third kappa shape index (κ3) is 3.45. The molecule has 0 aliphatic heterocycles. The first-order chi connectivity index (χ1) is 9.24. The van der Waals surface area contributed by atoms with Crippen LogP contribution in [0.25, 0.3) is 0 Å². The van der Waals surface area contributed by atoms with E-state index in [0.29, 0.717) is 6.61 Å². The zero-order valence-electron chi connectivity index (χ0n) is 11.4. The minimum atomic E-state index is 0.460. The Morgan fingerprint density at radius 3 is 2.84 bits per heavy atom. The van der Waals surface area contributed by atoms with Gasteiger partial charge >= 0.3 is 0 Å². The van der Waals surface area contributed by atoms with Crippen molar-refractivity contribution in [3.8, 4) is 11.5 Å². The number of aromatic nitrogens is 1. The number of para-hydroxylation sites is 1. The van der Waals surface area contributed by atoms with Gasteiger partial charge in [0.2, 0.25) is 0 Å². The molecule has 0 amide bonds. The van der Waals surface area contributed by atoms with Crippen molar-refractivity contribution in [3.63, 3.8) is 0 Å². The number of ether oxygens (including phenoxy) is 2. The van der Waals surface area contributed by atoms with E-state index in [1.54, 1.807) is 18.4 Å². The van der Waals surface area contributed by atoms with Crippen molar-refractivity contribution in [3.05, 3.63) is 39.8 Å². The second-order valence-electron chi connectivity index (χ2n) is 4.13. The molecule has 102 valence electrons. The van der Waals surface area contributed by atoms with Crippen LogP contribution >= 0.6 is 11.3 Å². The molecule has 19 heavy (non-hydrogen) atoms. The number of hydrogen-bond acceptors (Lipinski definition) is 5. The van der Waals surface area contributed by atoms with Gasteiger partial charge in [0.25, 0.3) is 0 Å². The average Bonchev–Trinajstić information content (AvgIpc) is 2.83. The molecule has 5 heteroatoms. The summed E-state index contributed by atoms with van der Waals surface area (Å²) in [6, 6.07) is 5.90. The molecular formula is C14H18N2O2S. The van der Waals surface area contributed by atoms with Crippen LogP contribution in [0.4, 0.5) is 0 Å². The van der Waals surface area contributed by atoms with Crippen LogP contribution in [-0.2, 0) is 13.2 Å². The summed E-state index contributed by atoms with van der Waals surface area (Å²) in [5.41, 5.74) is 2.03. The van der Waals surface area contributed by atoms with Gasteiger partial charge in [-0.3, -0.25) is 0 Å². The van der Waals surface area contributed by atoms with Crippen molar-refractivity contribution < 1.29 is 9.47 Å². The lowest BCUT2D eigenvalue weighted by atomic mass is 10.2. The van der Waals surface area contributed by atoms with Gasteiger partial charge in [-0.05, 0) is 20.0 Å². The molecular weight excluding hydrogens is 260 g/mol. The molecule has 0 unspecified atom stereocenters. The molecule has 0 saturated carbocycles. The van der Waals surface area contributed by atoms with Crippen LogP contribution in [0, 0.1) is 6.92 Å². The Labute approximate surface area is 117 Å². The van der Waals surface area contributed by atoms with Crippen molar-refractivity contribution >= 4 is 11.3 Å². The topological polar surface area (TPSA) is 43.4 Å². The van der Waals surface area contributed by atoms with Crippen LogP contribution in [0.1, 0.15) is 16.3 Å². The van der Waals surface area contributed by atoms with E-state index in [1.807, 2.05) is 37.6 Å². The number of hydrogen-bond donors (Lipinski definition) is 1. The molecule has 0 spiro atoms. The van der Waals surface area contributed by atoms with Gasteiger partial charge in [-0.2, -0.15) is 0 Å². The molecule has 0 aliphatic carbocycles. The summed E-state index contributed by atoms with van der Waals surface area (Å²) in [5.74, 6) is 1.53. The summed E-state index contributed by atoms with van der Waals surface area (Å²) in [5, 5.41) is 6.20. The lowest BCUT2D eigenvalue weighted by molar-refractivity contribution is 0.277. The second kappa shape index (κ2) is 6.54. The van der Waals surface area contributed by atoms with Crippen LogP contribution < -0.4 is 14.8 Å². The number of thiazole rings is 1. The minimum Gasteiger partial charge on any atom is -0.493 e. The van der Waals surface area contributed by atoms with Crippen LogP contribution in [0.3, 0.4) is 0 Å². The van der Waals surface area contributed by atoms with Crippen molar-refractivity contribution in [1.82, 2.24) is 10.3 Å². The Bertz CT molecular complexity index is 540. The molecule has 0 fully saturated rings. The molecule has 4 nitrogen and oxygen atoms in total. The number of rotatable bonds is 6. The van der Waals surface area contributed by atoms with Gasteiger partial charge in [0.05, 0.1) is 17.8 Å². The normalized spacial score (nSPS) is 10.5. The molecule has 0 aliphatic rings. The highest BCUT2D eigenvalue weighted by atomic mass is 32.1. The van der Waals surface area contributed by atoms with Gasteiger partial charge in [-0.15, -0.1) is 11.3 Å². The minimum absolute atomic E-state index is 0.460. The van der Waals surface area contributed by atoms with Crippen LogP contribution in [0.2, 0.25) is 0 Å². The second-order valence-corrected chi connectivity index (χ2v) is 5.19. The van der Waals surface area contributed by atoms with Gasteiger partial charge in [0.1, 0.15) is 6.61 Å². The fourth-order valence-electron chi connectivity index (χ4n) is 1.84. The summed E-state index contributed by atoms with van der Waals surface area (Å²) >= 11 is 1.63. The smallest absolute Gasteiger partial charge is 0.166 e. The van der Waals surface area contributed by atoms with Crippen molar-refractivity contribution in [1.29, 1.82) is 0 Å². The molecule has 1 heterocycles. The molecule has 2 aromatic rings. The molecule has 0 saturated heterocycles. The maximum Gasteiger partial charge on any atom is 0.166 e. The Morgan fingerprint density at radius 2 is 2.21 bits per heavy atom. The number of benzene rings is 1. The number of nitrogens with one attached hydrogen (secondary N) is 1. The van der Waals surface area contributed by atoms with E-state index in [2.05, 4.69) is 10.3 Å². The first-order valence-electron chi connectivity index (χ1n) is 6.09. The zero-order valence-corrected chi connectivity index (χ0v) is 12.2. The summed E-state index contributed by atoms with van der Waals surface area (Å²) in [6.07, 6.45) is 0. The summed E-state index contributed by atoms with van der Waals surface area (Å²) in [7, 11) is 3.56. The van der Waals surface area contributed by atoms with Crippen molar-refractivity contribution in [2.45, 2.75) is 20.1 Å². The van der Waals surface area contributed by atoms with Gasteiger partial charge in [-0.1, -0.05) is 12.1 Å². The Balaban J connectivity index is 2.17. The fraction of sp³-hybridized carbons (Fsp3) is 0.357. The summed E-state index contributed by atoms with van der Waals surface area (Å²) in [4.78, 5) is 4.39. The molecule has 0 radical (unpaired) electrons. The molecule has 0 bridgehead atoms. The highest BCUT2D eigenvalue weighted by Crippen LogP contribution is 2.31. The predicted molar refractivity (Wildman–Crippen MR) is 76.9 cm³/mol. The number of nitrogens with zero attached hydrogens (tertiary/aromatic N) is 1. The summed E-state index contributed by atoms with van der Waals surface area (Å²) < 4.78 is 11.2. The largest absolute Gasteiger partial charge is 0.493 e. The fourth-order valence-corrected chi connectivity index (χ4v) is 2.43. The van der Waals surface area contributed by atoms with Crippen LogP contribution in [-0.4, -0.2) is 19.1 Å². The molecule has 1 N–H and O–H groups in total.